The molecule has 0 aliphatic heterocycles. The van der Waals surface area contributed by atoms with Crippen molar-refractivity contribution in [2.24, 2.45) is 28.2 Å². The van der Waals surface area contributed by atoms with Crippen LogP contribution in [-0.4, -0.2) is 26.8 Å². The first-order chi connectivity index (χ1) is 7.30. The van der Waals surface area contributed by atoms with Gasteiger partial charge in [-0.3, -0.25) is 0 Å². The zero-order chi connectivity index (χ0) is 10.3. The van der Waals surface area contributed by atoms with Crippen molar-refractivity contribution in [3.05, 3.63) is 0 Å². The Kier molecular flexibility index (Phi) is 2.63. The van der Waals surface area contributed by atoms with Crippen LogP contribution < -0.4 is 0 Å². The summed E-state index contributed by atoms with van der Waals surface area (Å²) in [4.78, 5) is 4.24. The fraction of sp³-hybridized carbons (Fsp3) is 0.923. The second-order valence-corrected chi connectivity index (χ2v) is 6.52. The Morgan fingerprint density at radius 2 is 1.60 bits per heavy atom. The van der Waals surface area contributed by atoms with Crippen LogP contribution in [0.15, 0.2) is 4.99 Å². The molecule has 4 fully saturated rings. The third-order valence-electron chi connectivity index (χ3n) is 4.98. The van der Waals surface area contributed by atoms with Crippen LogP contribution in [0.3, 0.4) is 0 Å². The van der Waals surface area contributed by atoms with Gasteiger partial charge in [0.05, 0.1) is 0 Å². The van der Waals surface area contributed by atoms with Crippen LogP contribution in [-0.2, 0) is 0 Å². The molecule has 1 nitrogen and oxygen atoms in total. The minimum atomic E-state index is 0.703. The van der Waals surface area contributed by atoms with Gasteiger partial charge >= 0.3 is 99.9 Å². The molecule has 0 unspecified atom stereocenters. The van der Waals surface area contributed by atoms with E-state index in [2.05, 4.69) is 25.3 Å². The van der Waals surface area contributed by atoms with Crippen molar-refractivity contribution in [1.29, 1.82) is 0 Å². The van der Waals surface area contributed by atoms with Crippen molar-refractivity contribution in [1.82, 2.24) is 0 Å². The Morgan fingerprint density at radius 3 is 2.07 bits per heavy atom. The Bertz CT molecular complexity index is 268. The molecule has 4 aliphatic rings. The van der Waals surface area contributed by atoms with E-state index in [9.17, 15) is 0 Å². The van der Waals surface area contributed by atoms with Gasteiger partial charge in [0.15, 0.2) is 0 Å². The molecular formula is C13H19NSe. The average Bonchev–Trinajstić information content (AvgIpc) is 2.15. The second kappa shape index (κ2) is 3.84. The molecular weight excluding hydrogens is 249 g/mol. The maximum atomic E-state index is 4.24. The van der Waals surface area contributed by atoms with Gasteiger partial charge in [-0.25, -0.2) is 0 Å². The molecule has 0 amide bonds. The molecule has 0 aromatic heterocycles. The molecule has 0 radical (unpaired) electrons. The van der Waals surface area contributed by atoms with Gasteiger partial charge in [-0.05, 0) is 0 Å². The molecule has 4 rings (SSSR count). The van der Waals surface area contributed by atoms with Gasteiger partial charge < -0.3 is 0 Å². The predicted molar refractivity (Wildman–Crippen MR) is 63.3 cm³/mol. The zero-order valence-corrected chi connectivity index (χ0v) is 11.0. The molecule has 0 heterocycles. The number of hydrogen-bond donors (Lipinski definition) is 0. The Balaban J connectivity index is 1.72. The molecule has 15 heavy (non-hydrogen) atoms. The number of rotatable bonds is 3. The first-order valence-electron chi connectivity index (χ1n) is 6.33. The molecule has 0 spiro atoms. The summed E-state index contributed by atoms with van der Waals surface area (Å²) in [6.07, 6.45) is 10.5. The van der Waals surface area contributed by atoms with Crippen molar-refractivity contribution in [3.8, 4) is 0 Å². The summed E-state index contributed by atoms with van der Waals surface area (Å²) >= 11 is 2.73. The molecule has 2 heteroatoms. The Morgan fingerprint density at radius 1 is 1.07 bits per heavy atom. The number of aliphatic imine (C=N–C) groups is 1. The van der Waals surface area contributed by atoms with Crippen LogP contribution in [0.25, 0.3) is 0 Å². The Labute approximate surface area is 100 Å². The standard InChI is InChI=1S/C13H19NSe/c15-9-14-2-1-13-6-10-3-11(7-13)5-12(4-10)8-13/h10-12H,1-8H2. The van der Waals surface area contributed by atoms with Crippen molar-refractivity contribution in [2.45, 2.75) is 44.9 Å². The third kappa shape index (κ3) is 1.88. The predicted octanol–water partition coefficient (Wildman–Crippen LogP) is 2.67. The molecule has 0 saturated heterocycles. The first-order valence-corrected chi connectivity index (χ1v) is 7.19. The molecule has 0 atom stereocenters. The van der Waals surface area contributed by atoms with Gasteiger partial charge in [-0.1, -0.05) is 0 Å². The van der Waals surface area contributed by atoms with Crippen LogP contribution in [0.5, 0.6) is 0 Å². The summed E-state index contributed by atoms with van der Waals surface area (Å²) in [5, 5.41) is 0. The quantitative estimate of drug-likeness (QED) is 0.551. The van der Waals surface area contributed by atoms with Crippen molar-refractivity contribution in [3.63, 3.8) is 0 Å². The third-order valence-corrected chi connectivity index (χ3v) is 5.25. The van der Waals surface area contributed by atoms with Gasteiger partial charge in [-0.2, -0.15) is 0 Å². The minimum absolute atomic E-state index is 0.703. The number of nitrogens with zero attached hydrogens (tertiary/aromatic N) is 1. The van der Waals surface area contributed by atoms with E-state index in [1.807, 2.05) is 0 Å². The fourth-order valence-electron chi connectivity index (χ4n) is 4.93. The van der Waals surface area contributed by atoms with E-state index >= 15 is 0 Å². The SMILES string of the molecule is [Se]=C=NCCC12CC3CC(CC(C3)C1)C2. The molecule has 0 aromatic rings. The first kappa shape index (κ1) is 10.3. The summed E-state index contributed by atoms with van der Waals surface area (Å²) in [5.74, 6) is 3.24. The van der Waals surface area contributed by atoms with Crippen molar-refractivity contribution < 1.29 is 0 Å². The van der Waals surface area contributed by atoms with E-state index < -0.39 is 0 Å². The molecule has 0 aromatic carbocycles. The van der Waals surface area contributed by atoms with Crippen LogP contribution in [0.1, 0.15) is 44.9 Å². The molecule has 4 aliphatic carbocycles. The van der Waals surface area contributed by atoms with Crippen molar-refractivity contribution >= 4 is 20.3 Å². The fourth-order valence-corrected chi connectivity index (χ4v) is 5.13. The monoisotopic (exact) mass is 269 g/mol. The molecule has 4 saturated carbocycles. The van der Waals surface area contributed by atoms with E-state index in [4.69, 9.17) is 0 Å². The molecule has 82 valence electrons. The van der Waals surface area contributed by atoms with Gasteiger partial charge in [0.1, 0.15) is 0 Å². The number of hydrogen-bond acceptors (Lipinski definition) is 1. The summed E-state index contributed by atoms with van der Waals surface area (Å²) in [6, 6.07) is 0. The van der Waals surface area contributed by atoms with E-state index in [-0.39, 0.29) is 0 Å². The van der Waals surface area contributed by atoms with Crippen LogP contribution in [0.2, 0.25) is 0 Å². The summed E-state index contributed by atoms with van der Waals surface area (Å²) < 4.78 is 2.80. The van der Waals surface area contributed by atoms with Gasteiger partial charge in [0.2, 0.25) is 0 Å². The Hall–Kier alpha value is 0.0995. The zero-order valence-electron chi connectivity index (χ0n) is 9.24. The summed E-state index contributed by atoms with van der Waals surface area (Å²) in [5.41, 5.74) is 0.703. The van der Waals surface area contributed by atoms with E-state index in [0.717, 1.165) is 24.3 Å². The summed E-state index contributed by atoms with van der Waals surface area (Å²) in [6.45, 7) is 0.999. The van der Waals surface area contributed by atoms with Gasteiger partial charge in [-0.15, -0.1) is 0 Å². The van der Waals surface area contributed by atoms with E-state index in [0.29, 0.717) is 5.41 Å². The van der Waals surface area contributed by atoms with Gasteiger partial charge in [0, 0.05) is 0 Å². The van der Waals surface area contributed by atoms with Crippen LogP contribution in [0.4, 0.5) is 0 Å². The second-order valence-electron chi connectivity index (χ2n) is 6.14. The normalized spacial score (nSPS) is 46.5. The van der Waals surface area contributed by atoms with Crippen LogP contribution >= 0.6 is 0 Å². The van der Waals surface area contributed by atoms with E-state index in [1.54, 1.807) is 19.3 Å². The maximum absolute atomic E-state index is 4.24. The van der Waals surface area contributed by atoms with Crippen LogP contribution in [0, 0.1) is 23.2 Å². The van der Waals surface area contributed by atoms with E-state index in [1.165, 1.54) is 25.7 Å². The average molecular weight is 268 g/mol. The van der Waals surface area contributed by atoms with Crippen molar-refractivity contribution in [2.75, 3.05) is 6.54 Å². The molecule has 4 bridgehead atoms. The van der Waals surface area contributed by atoms with Gasteiger partial charge in [0.25, 0.3) is 0 Å². The summed E-state index contributed by atoms with van der Waals surface area (Å²) in [7, 11) is 0. The topological polar surface area (TPSA) is 12.4 Å². The molecule has 0 N–H and O–H groups in total.